The maximum absolute atomic E-state index is 11.7. The Morgan fingerprint density at radius 3 is 2.42 bits per heavy atom. The molecular weight excluding hydrogens is 494 g/mol. The number of para-hydroxylation sites is 2. The Balaban J connectivity index is 0.00000336. The lowest BCUT2D eigenvalue weighted by molar-refractivity contribution is -0.142. The van der Waals surface area contributed by atoms with E-state index in [1.807, 2.05) is 42.5 Å². The number of hydrogen-bond donors (Lipinski definition) is 1. The van der Waals surface area contributed by atoms with E-state index in [1.165, 1.54) is 16.3 Å². The first kappa shape index (κ1) is 27.5. The quantitative estimate of drug-likeness (QED) is 0.248. The van der Waals surface area contributed by atoms with E-state index in [1.54, 1.807) is 13.8 Å². The predicted molar refractivity (Wildman–Crippen MR) is 158 cm³/mol. The molecule has 1 N–H and O–H groups in total. The average Bonchev–Trinajstić information content (AvgIpc) is 2.92. The van der Waals surface area contributed by atoms with E-state index >= 15 is 0 Å². The highest BCUT2D eigenvalue weighted by Crippen LogP contribution is 2.40. The SMILES string of the molecule is C[C@@H](CCCC1CN(c2ccc(C(C)(C)C(=O)O)cc2)c2ccccc2O1)c1cccc2ccccc12.Cl. The van der Waals surface area contributed by atoms with Gasteiger partial charge in [0.25, 0.3) is 0 Å². The summed E-state index contributed by atoms with van der Waals surface area (Å²) in [5, 5.41) is 12.2. The van der Waals surface area contributed by atoms with E-state index < -0.39 is 11.4 Å². The average molecular weight is 530 g/mol. The van der Waals surface area contributed by atoms with Gasteiger partial charge in [-0.05, 0) is 85.2 Å². The third-order valence-corrected chi connectivity index (χ3v) is 7.79. The topological polar surface area (TPSA) is 49.8 Å². The monoisotopic (exact) mass is 529 g/mol. The number of carboxylic acid groups (broad SMARTS) is 1. The highest BCUT2D eigenvalue weighted by atomic mass is 35.5. The minimum absolute atomic E-state index is 0. The minimum Gasteiger partial charge on any atom is -0.486 e. The summed E-state index contributed by atoms with van der Waals surface area (Å²) in [6.45, 7) is 6.57. The first-order valence-corrected chi connectivity index (χ1v) is 13.2. The molecule has 38 heavy (non-hydrogen) atoms. The summed E-state index contributed by atoms with van der Waals surface area (Å²) in [4.78, 5) is 14.0. The number of fused-ring (bicyclic) bond motifs is 2. The zero-order valence-corrected chi connectivity index (χ0v) is 23.1. The minimum atomic E-state index is -0.926. The molecular formula is C33H36ClNO3. The maximum Gasteiger partial charge on any atom is 0.313 e. The number of hydrogen-bond acceptors (Lipinski definition) is 3. The largest absolute Gasteiger partial charge is 0.486 e. The van der Waals surface area contributed by atoms with Crippen LogP contribution >= 0.6 is 12.4 Å². The highest BCUT2D eigenvalue weighted by Gasteiger charge is 2.30. The van der Waals surface area contributed by atoms with Gasteiger partial charge in [-0.1, -0.05) is 73.7 Å². The molecule has 2 atom stereocenters. The number of carbonyl (C=O) groups is 1. The van der Waals surface area contributed by atoms with E-state index in [0.717, 1.165) is 48.5 Å². The lowest BCUT2D eigenvalue weighted by atomic mass is 9.85. The van der Waals surface area contributed by atoms with Crippen molar-refractivity contribution in [2.45, 2.75) is 57.5 Å². The van der Waals surface area contributed by atoms with Gasteiger partial charge in [-0.3, -0.25) is 4.79 Å². The fraction of sp³-hybridized carbons (Fsp3) is 0.303. The Morgan fingerprint density at radius 2 is 1.66 bits per heavy atom. The third kappa shape index (κ3) is 5.51. The Labute approximate surface area is 231 Å². The van der Waals surface area contributed by atoms with Crippen LogP contribution in [0.25, 0.3) is 10.8 Å². The Kier molecular flexibility index (Phi) is 8.32. The van der Waals surface area contributed by atoms with Crippen molar-refractivity contribution < 1.29 is 14.6 Å². The van der Waals surface area contributed by atoms with Crippen LogP contribution in [0.1, 0.15) is 57.1 Å². The number of carboxylic acids is 1. The molecule has 4 aromatic carbocycles. The van der Waals surface area contributed by atoms with Gasteiger partial charge in [-0.2, -0.15) is 0 Å². The van der Waals surface area contributed by atoms with E-state index in [2.05, 4.69) is 60.4 Å². The lowest BCUT2D eigenvalue weighted by Crippen LogP contribution is -2.37. The molecule has 1 aliphatic heterocycles. The maximum atomic E-state index is 11.7. The molecule has 198 valence electrons. The van der Waals surface area contributed by atoms with Gasteiger partial charge in [0.05, 0.1) is 17.6 Å². The van der Waals surface area contributed by atoms with Crippen molar-refractivity contribution in [3.63, 3.8) is 0 Å². The summed E-state index contributed by atoms with van der Waals surface area (Å²) in [6, 6.07) is 31.3. The van der Waals surface area contributed by atoms with Gasteiger partial charge in [0.1, 0.15) is 11.9 Å². The summed E-state index contributed by atoms with van der Waals surface area (Å²) in [5.74, 6) is 0.550. The summed E-state index contributed by atoms with van der Waals surface area (Å²) >= 11 is 0. The molecule has 0 aromatic heterocycles. The van der Waals surface area contributed by atoms with Crippen molar-refractivity contribution in [1.82, 2.24) is 0 Å². The van der Waals surface area contributed by atoms with Crippen molar-refractivity contribution >= 4 is 40.5 Å². The molecule has 0 fully saturated rings. The number of nitrogens with zero attached hydrogens (tertiary/aromatic N) is 1. The molecule has 0 radical (unpaired) electrons. The number of rotatable bonds is 8. The Morgan fingerprint density at radius 1 is 0.974 bits per heavy atom. The number of benzene rings is 4. The van der Waals surface area contributed by atoms with Gasteiger partial charge in [-0.15, -0.1) is 12.4 Å². The first-order valence-electron chi connectivity index (χ1n) is 13.2. The second kappa shape index (κ2) is 11.5. The van der Waals surface area contributed by atoms with Crippen LogP contribution in [0.4, 0.5) is 11.4 Å². The Hall–Kier alpha value is -3.50. The van der Waals surface area contributed by atoms with Crippen LogP contribution in [0.3, 0.4) is 0 Å². The number of anilines is 2. The van der Waals surface area contributed by atoms with Crippen molar-refractivity contribution in [1.29, 1.82) is 0 Å². The van der Waals surface area contributed by atoms with Crippen LogP contribution in [0.15, 0.2) is 91.0 Å². The van der Waals surface area contributed by atoms with Crippen LogP contribution in [0.2, 0.25) is 0 Å². The smallest absolute Gasteiger partial charge is 0.313 e. The Bertz CT molecular complexity index is 1390. The molecule has 0 bridgehead atoms. The number of halogens is 1. The van der Waals surface area contributed by atoms with Gasteiger partial charge in [0.15, 0.2) is 0 Å². The number of aliphatic carboxylic acids is 1. The van der Waals surface area contributed by atoms with Crippen molar-refractivity contribution in [2.24, 2.45) is 0 Å². The lowest BCUT2D eigenvalue weighted by Gasteiger charge is -2.37. The molecule has 4 nitrogen and oxygen atoms in total. The fourth-order valence-corrected chi connectivity index (χ4v) is 5.36. The summed E-state index contributed by atoms with van der Waals surface area (Å²) in [6.07, 6.45) is 3.25. The molecule has 1 heterocycles. The molecule has 0 saturated heterocycles. The second-order valence-corrected chi connectivity index (χ2v) is 10.7. The highest BCUT2D eigenvalue weighted by molar-refractivity contribution is 5.86. The van der Waals surface area contributed by atoms with E-state index in [0.29, 0.717) is 5.92 Å². The fourth-order valence-electron chi connectivity index (χ4n) is 5.36. The second-order valence-electron chi connectivity index (χ2n) is 10.7. The van der Waals surface area contributed by atoms with Gasteiger partial charge >= 0.3 is 5.97 Å². The molecule has 0 amide bonds. The van der Waals surface area contributed by atoms with Crippen LogP contribution in [-0.4, -0.2) is 23.7 Å². The van der Waals surface area contributed by atoms with Crippen LogP contribution in [0, 0.1) is 0 Å². The standard InChI is InChI=1S/C33H35NO3.ClH/c1-23(28-15-9-12-24-11-4-5-14-29(24)28)10-8-13-27-22-34(30-16-6-7-17-31(30)37-27)26-20-18-25(19-21-26)33(2,3)32(35)36;/h4-7,9,11-12,14-21,23,27H,8,10,13,22H2,1-3H3,(H,35,36);1H/t23-,27?;/m0./s1. The van der Waals surface area contributed by atoms with Crippen molar-refractivity contribution in [3.05, 3.63) is 102 Å². The molecule has 5 rings (SSSR count). The van der Waals surface area contributed by atoms with Crippen molar-refractivity contribution in [2.75, 3.05) is 11.4 Å². The van der Waals surface area contributed by atoms with E-state index in [9.17, 15) is 9.90 Å². The molecule has 1 aliphatic rings. The van der Waals surface area contributed by atoms with Gasteiger partial charge in [0, 0.05) is 5.69 Å². The van der Waals surface area contributed by atoms with Crippen LogP contribution < -0.4 is 9.64 Å². The molecule has 4 aromatic rings. The summed E-state index contributed by atoms with van der Waals surface area (Å²) in [7, 11) is 0. The van der Waals surface area contributed by atoms with Crippen LogP contribution in [0.5, 0.6) is 5.75 Å². The van der Waals surface area contributed by atoms with Gasteiger partial charge in [-0.25, -0.2) is 0 Å². The first-order chi connectivity index (χ1) is 17.8. The molecule has 0 aliphatic carbocycles. The molecule has 0 spiro atoms. The molecule has 1 unspecified atom stereocenters. The third-order valence-electron chi connectivity index (χ3n) is 7.79. The van der Waals surface area contributed by atoms with Crippen molar-refractivity contribution in [3.8, 4) is 5.75 Å². The van der Waals surface area contributed by atoms with Crippen LogP contribution in [-0.2, 0) is 10.2 Å². The van der Waals surface area contributed by atoms with Gasteiger partial charge < -0.3 is 14.7 Å². The summed E-state index contributed by atoms with van der Waals surface area (Å²) < 4.78 is 6.43. The molecule has 5 heteroatoms. The normalized spacial score (nSPS) is 15.8. The van der Waals surface area contributed by atoms with E-state index in [4.69, 9.17) is 4.74 Å². The number of ether oxygens (including phenoxy) is 1. The summed E-state index contributed by atoms with van der Waals surface area (Å²) in [5.41, 5.74) is 3.39. The van der Waals surface area contributed by atoms with Gasteiger partial charge in [0.2, 0.25) is 0 Å². The zero-order valence-electron chi connectivity index (χ0n) is 22.3. The zero-order chi connectivity index (χ0) is 26.0. The predicted octanol–water partition coefficient (Wildman–Crippen LogP) is 8.50. The van der Waals surface area contributed by atoms with E-state index in [-0.39, 0.29) is 18.5 Å². The molecule has 0 saturated carbocycles.